The SMILES string of the molecule is C[C@@H]1CN([C@H](C)CO)C(=O)c2cc(NC(=O)C3CCCCC3)ccc2O[C@@H](C)CCCCO[C@@H]1CN(C)C(=O)Nc1ccc2c(c1)OCO2. The third kappa shape index (κ3) is 9.57. The fourth-order valence-electron chi connectivity index (χ4n) is 6.62. The number of anilines is 2. The molecule has 0 unspecified atom stereocenters. The molecule has 4 atom stereocenters. The molecule has 1 saturated carbocycles. The molecule has 12 nitrogen and oxygen atoms in total. The molecule has 5 rings (SSSR count). The molecule has 0 radical (unpaired) electrons. The summed E-state index contributed by atoms with van der Waals surface area (Å²) in [6, 6.07) is 9.66. The van der Waals surface area contributed by atoms with Crippen molar-refractivity contribution >= 4 is 29.2 Å². The Hall–Kier alpha value is -4.03. The first-order valence-electron chi connectivity index (χ1n) is 17.7. The first-order valence-corrected chi connectivity index (χ1v) is 17.7. The van der Waals surface area contributed by atoms with Crippen molar-refractivity contribution in [1.82, 2.24) is 9.80 Å². The summed E-state index contributed by atoms with van der Waals surface area (Å²) in [6.07, 6.45) is 6.84. The lowest BCUT2D eigenvalue weighted by atomic mass is 9.88. The summed E-state index contributed by atoms with van der Waals surface area (Å²) in [4.78, 5) is 44.0. The number of amides is 4. The monoisotopic (exact) mass is 680 g/mol. The first kappa shape index (κ1) is 36.3. The van der Waals surface area contributed by atoms with Crippen LogP contribution in [0.2, 0.25) is 0 Å². The number of urea groups is 1. The molecule has 2 aromatic rings. The fourth-order valence-corrected chi connectivity index (χ4v) is 6.62. The minimum Gasteiger partial charge on any atom is -0.490 e. The van der Waals surface area contributed by atoms with Gasteiger partial charge in [-0.05, 0) is 76.3 Å². The predicted molar refractivity (Wildman–Crippen MR) is 186 cm³/mol. The van der Waals surface area contributed by atoms with E-state index >= 15 is 0 Å². The van der Waals surface area contributed by atoms with Gasteiger partial charge in [0, 0.05) is 56.0 Å². The van der Waals surface area contributed by atoms with Crippen LogP contribution in [0.1, 0.15) is 82.5 Å². The molecule has 12 heteroatoms. The van der Waals surface area contributed by atoms with E-state index < -0.39 is 12.1 Å². The van der Waals surface area contributed by atoms with Gasteiger partial charge in [-0.3, -0.25) is 9.59 Å². The average molecular weight is 681 g/mol. The van der Waals surface area contributed by atoms with E-state index in [1.165, 1.54) is 0 Å². The van der Waals surface area contributed by atoms with Gasteiger partial charge in [-0.15, -0.1) is 0 Å². The summed E-state index contributed by atoms with van der Waals surface area (Å²) in [7, 11) is 1.71. The van der Waals surface area contributed by atoms with Crippen LogP contribution in [-0.2, 0) is 9.53 Å². The molecule has 49 heavy (non-hydrogen) atoms. The third-order valence-corrected chi connectivity index (χ3v) is 9.72. The van der Waals surface area contributed by atoms with E-state index in [0.29, 0.717) is 40.8 Å². The number of carbonyl (C=O) groups is 3. The second kappa shape index (κ2) is 17.1. The second-order valence-corrected chi connectivity index (χ2v) is 13.7. The minimum absolute atomic E-state index is 0.0249. The molecule has 2 aliphatic heterocycles. The number of aliphatic hydroxyl groups is 1. The van der Waals surface area contributed by atoms with Gasteiger partial charge in [-0.25, -0.2) is 4.79 Å². The molecule has 2 heterocycles. The molecule has 1 fully saturated rings. The molecule has 268 valence electrons. The van der Waals surface area contributed by atoms with Crippen molar-refractivity contribution in [1.29, 1.82) is 0 Å². The summed E-state index contributed by atoms with van der Waals surface area (Å²) >= 11 is 0. The standard InChI is InChI=1S/C37H52N4O8/c1-24-20-41(25(2)22-42)36(44)30-18-28(38-35(43)27-11-6-5-7-12-27)13-15-31(30)49-26(3)10-8-9-17-46-34(24)21-40(4)37(45)39-29-14-16-32-33(19-29)48-23-47-32/h13-16,18-19,24-27,34,42H,5-12,17,20-23H2,1-4H3,(H,38,43)(H,39,45)/t24-,25-,26+,34-/m1/s1. The van der Waals surface area contributed by atoms with Crippen LogP contribution in [-0.4, -0.2) is 91.1 Å². The summed E-state index contributed by atoms with van der Waals surface area (Å²) in [5, 5.41) is 16.2. The summed E-state index contributed by atoms with van der Waals surface area (Å²) < 4.78 is 23.5. The Bertz CT molecular complexity index is 1450. The lowest BCUT2D eigenvalue weighted by Gasteiger charge is -2.35. The zero-order valence-electron chi connectivity index (χ0n) is 29.2. The Kier molecular flexibility index (Phi) is 12.6. The number of nitrogens with one attached hydrogen (secondary N) is 2. The molecular formula is C37H52N4O8. The topological polar surface area (TPSA) is 139 Å². The van der Waals surface area contributed by atoms with Crippen molar-refractivity contribution < 1.29 is 38.4 Å². The van der Waals surface area contributed by atoms with Gasteiger partial charge in [-0.2, -0.15) is 0 Å². The highest BCUT2D eigenvalue weighted by Crippen LogP contribution is 2.34. The Balaban J connectivity index is 1.35. The first-order chi connectivity index (χ1) is 23.6. The smallest absolute Gasteiger partial charge is 0.321 e. The molecule has 0 spiro atoms. The van der Waals surface area contributed by atoms with E-state index in [0.717, 1.165) is 51.4 Å². The Morgan fingerprint density at radius 3 is 2.39 bits per heavy atom. The molecule has 2 aromatic carbocycles. The summed E-state index contributed by atoms with van der Waals surface area (Å²) in [6.45, 7) is 6.70. The van der Waals surface area contributed by atoms with Crippen LogP contribution >= 0.6 is 0 Å². The molecule has 0 bridgehead atoms. The second-order valence-electron chi connectivity index (χ2n) is 13.7. The maximum Gasteiger partial charge on any atom is 0.321 e. The van der Waals surface area contributed by atoms with Crippen molar-refractivity contribution in [2.45, 2.75) is 90.4 Å². The van der Waals surface area contributed by atoms with Crippen LogP contribution in [0.15, 0.2) is 36.4 Å². The number of nitrogens with zero attached hydrogens (tertiary/aromatic N) is 2. The highest BCUT2D eigenvalue weighted by Gasteiger charge is 2.31. The Labute approximate surface area is 289 Å². The predicted octanol–water partition coefficient (Wildman–Crippen LogP) is 5.89. The van der Waals surface area contributed by atoms with Crippen LogP contribution in [0, 0.1) is 11.8 Å². The summed E-state index contributed by atoms with van der Waals surface area (Å²) in [5.41, 5.74) is 1.45. The fraction of sp³-hybridized carbons (Fsp3) is 0.595. The lowest BCUT2D eigenvalue weighted by molar-refractivity contribution is -0.120. The maximum absolute atomic E-state index is 14.4. The van der Waals surface area contributed by atoms with Crippen LogP contribution in [0.5, 0.6) is 17.2 Å². The highest BCUT2D eigenvalue weighted by atomic mass is 16.7. The number of carbonyl (C=O) groups excluding carboxylic acids is 3. The maximum atomic E-state index is 14.4. The molecule has 0 saturated heterocycles. The summed E-state index contributed by atoms with van der Waals surface area (Å²) in [5.74, 6) is 1.08. The lowest BCUT2D eigenvalue weighted by Crippen LogP contribution is -2.48. The molecule has 4 amide bonds. The molecule has 3 aliphatic rings. The van der Waals surface area contributed by atoms with Crippen LogP contribution < -0.4 is 24.8 Å². The van der Waals surface area contributed by atoms with Crippen LogP contribution in [0.25, 0.3) is 0 Å². The van der Waals surface area contributed by atoms with E-state index in [9.17, 15) is 19.5 Å². The van der Waals surface area contributed by atoms with Crippen molar-refractivity contribution in [3.63, 3.8) is 0 Å². The van der Waals surface area contributed by atoms with Crippen LogP contribution in [0.4, 0.5) is 16.2 Å². The van der Waals surface area contributed by atoms with E-state index in [2.05, 4.69) is 10.6 Å². The third-order valence-electron chi connectivity index (χ3n) is 9.72. The normalized spacial score (nSPS) is 22.7. The number of rotatable bonds is 7. The number of ether oxygens (including phenoxy) is 4. The van der Waals surface area contributed by atoms with E-state index in [4.69, 9.17) is 18.9 Å². The number of benzene rings is 2. The molecule has 0 aromatic heterocycles. The largest absolute Gasteiger partial charge is 0.490 e. The van der Waals surface area contributed by atoms with Crippen LogP contribution in [0.3, 0.4) is 0 Å². The quantitative estimate of drug-likeness (QED) is 0.329. The van der Waals surface area contributed by atoms with Gasteiger partial charge >= 0.3 is 6.03 Å². The molecule has 3 N–H and O–H groups in total. The Morgan fingerprint density at radius 2 is 1.63 bits per heavy atom. The van der Waals surface area contributed by atoms with Crippen molar-refractivity contribution in [2.75, 3.05) is 50.8 Å². The van der Waals surface area contributed by atoms with Gasteiger partial charge in [0.25, 0.3) is 5.91 Å². The molecular weight excluding hydrogens is 628 g/mol. The average Bonchev–Trinajstić information content (AvgIpc) is 3.58. The Morgan fingerprint density at radius 1 is 0.939 bits per heavy atom. The number of likely N-dealkylation sites (N-methyl/N-ethyl adjacent to an activating group) is 1. The van der Waals surface area contributed by atoms with Gasteiger partial charge < -0.3 is 44.5 Å². The van der Waals surface area contributed by atoms with Gasteiger partial charge in [0.05, 0.1) is 30.4 Å². The van der Waals surface area contributed by atoms with Crippen molar-refractivity contribution in [3.05, 3.63) is 42.0 Å². The van der Waals surface area contributed by atoms with E-state index in [1.54, 1.807) is 60.2 Å². The number of hydrogen-bond acceptors (Lipinski definition) is 8. The van der Waals surface area contributed by atoms with Gasteiger partial charge in [0.2, 0.25) is 12.7 Å². The number of fused-ring (bicyclic) bond motifs is 2. The van der Waals surface area contributed by atoms with Gasteiger partial charge in [-0.1, -0.05) is 26.2 Å². The zero-order valence-corrected chi connectivity index (χ0v) is 29.2. The van der Waals surface area contributed by atoms with E-state index in [1.807, 2.05) is 13.8 Å². The molecule has 1 aliphatic carbocycles. The zero-order chi connectivity index (χ0) is 34.9. The van der Waals surface area contributed by atoms with Crippen molar-refractivity contribution in [3.8, 4) is 17.2 Å². The number of aliphatic hydroxyl groups excluding tert-OH is 1. The van der Waals surface area contributed by atoms with Gasteiger partial charge in [0.15, 0.2) is 11.5 Å². The highest BCUT2D eigenvalue weighted by molar-refractivity contribution is 6.00. The van der Waals surface area contributed by atoms with Gasteiger partial charge in [0.1, 0.15) is 5.75 Å². The number of hydrogen-bond donors (Lipinski definition) is 3. The van der Waals surface area contributed by atoms with E-state index in [-0.39, 0.29) is 62.3 Å². The van der Waals surface area contributed by atoms with Crippen molar-refractivity contribution in [2.24, 2.45) is 11.8 Å². The minimum atomic E-state index is -0.513.